The lowest BCUT2D eigenvalue weighted by atomic mass is 9.51. The molecule has 2 nitrogen and oxygen atoms in total. The molecular weight excluding hydrogens is 330 g/mol. The number of rotatable bonds is 5. The van der Waals surface area contributed by atoms with E-state index in [9.17, 15) is 4.79 Å². The summed E-state index contributed by atoms with van der Waals surface area (Å²) in [6.45, 7) is 0. The van der Waals surface area contributed by atoms with Crippen molar-refractivity contribution in [3.8, 4) is 0 Å². The van der Waals surface area contributed by atoms with Crippen LogP contribution in [-0.2, 0) is 11.2 Å². The van der Waals surface area contributed by atoms with Crippen molar-refractivity contribution < 1.29 is 4.79 Å². The standard InChI is InChI=1S/C25H29NO/c27-24(11-6-17-4-2-1-3-5-17)26-23-9-7-20(8-10-23)25-21-13-18-12-19(15-21)16-22(25)14-18/h1-5,7-10,18-19,21-22,25H,6,11-16H2,(H,26,27). The highest BCUT2D eigenvalue weighted by Crippen LogP contribution is 2.59. The number of carbonyl (C=O) groups is 1. The van der Waals surface area contributed by atoms with Crippen molar-refractivity contribution in [1.82, 2.24) is 0 Å². The largest absolute Gasteiger partial charge is 0.326 e. The van der Waals surface area contributed by atoms with E-state index in [1.165, 1.54) is 43.2 Å². The Morgan fingerprint density at radius 3 is 2.07 bits per heavy atom. The lowest BCUT2D eigenvalue weighted by Gasteiger charge is -2.54. The Bertz CT molecular complexity index is 767. The molecule has 2 aromatic rings. The van der Waals surface area contributed by atoms with Crippen LogP contribution in [0.15, 0.2) is 54.6 Å². The van der Waals surface area contributed by atoms with Crippen LogP contribution < -0.4 is 5.32 Å². The van der Waals surface area contributed by atoms with E-state index in [1.807, 2.05) is 18.2 Å². The monoisotopic (exact) mass is 359 g/mol. The molecule has 1 N–H and O–H groups in total. The molecule has 4 bridgehead atoms. The molecule has 140 valence electrons. The first-order chi connectivity index (χ1) is 13.2. The third kappa shape index (κ3) is 3.54. The van der Waals surface area contributed by atoms with Crippen molar-refractivity contribution >= 4 is 11.6 Å². The summed E-state index contributed by atoms with van der Waals surface area (Å²) in [7, 11) is 0. The van der Waals surface area contributed by atoms with Gasteiger partial charge in [0.15, 0.2) is 0 Å². The van der Waals surface area contributed by atoms with Gasteiger partial charge in [-0.05, 0) is 91.4 Å². The number of hydrogen-bond donors (Lipinski definition) is 1. The van der Waals surface area contributed by atoms with Crippen molar-refractivity contribution in [3.63, 3.8) is 0 Å². The van der Waals surface area contributed by atoms with Gasteiger partial charge in [0.25, 0.3) is 0 Å². The second kappa shape index (κ2) is 7.14. The van der Waals surface area contributed by atoms with Crippen LogP contribution in [0.3, 0.4) is 0 Å². The summed E-state index contributed by atoms with van der Waals surface area (Å²) in [6.07, 6.45) is 8.64. The van der Waals surface area contributed by atoms with Gasteiger partial charge < -0.3 is 5.32 Å². The molecule has 4 saturated carbocycles. The van der Waals surface area contributed by atoms with Gasteiger partial charge in [-0.25, -0.2) is 0 Å². The second-order valence-corrected chi connectivity index (χ2v) is 9.11. The number of anilines is 1. The second-order valence-electron chi connectivity index (χ2n) is 9.11. The van der Waals surface area contributed by atoms with Crippen molar-refractivity contribution in [2.45, 2.75) is 50.9 Å². The number of hydrogen-bond acceptors (Lipinski definition) is 1. The summed E-state index contributed by atoms with van der Waals surface area (Å²) in [5, 5.41) is 3.07. The number of aryl methyl sites for hydroxylation is 1. The van der Waals surface area contributed by atoms with Crippen molar-refractivity contribution in [3.05, 3.63) is 65.7 Å². The summed E-state index contributed by atoms with van der Waals surface area (Å²) in [6, 6.07) is 19.0. The lowest BCUT2D eigenvalue weighted by Crippen LogP contribution is -2.43. The molecule has 27 heavy (non-hydrogen) atoms. The number of nitrogens with one attached hydrogen (secondary N) is 1. The molecule has 0 aromatic heterocycles. The molecule has 4 aliphatic carbocycles. The lowest BCUT2D eigenvalue weighted by molar-refractivity contribution is -0.116. The fourth-order valence-corrected chi connectivity index (χ4v) is 6.38. The average Bonchev–Trinajstić information content (AvgIpc) is 2.68. The zero-order valence-electron chi connectivity index (χ0n) is 15.9. The molecule has 4 fully saturated rings. The smallest absolute Gasteiger partial charge is 0.224 e. The minimum atomic E-state index is 0.0984. The molecular formula is C25H29NO. The summed E-state index contributed by atoms with van der Waals surface area (Å²) >= 11 is 0. The Morgan fingerprint density at radius 2 is 1.44 bits per heavy atom. The van der Waals surface area contributed by atoms with E-state index < -0.39 is 0 Å². The minimum absolute atomic E-state index is 0.0984. The van der Waals surface area contributed by atoms with Gasteiger partial charge in [0.05, 0.1) is 0 Å². The summed E-state index contributed by atoms with van der Waals surface area (Å²) < 4.78 is 0. The van der Waals surface area contributed by atoms with Gasteiger partial charge in [-0.2, -0.15) is 0 Å². The Hall–Kier alpha value is -2.09. The molecule has 4 aliphatic rings. The Labute approximate surface area is 162 Å². The van der Waals surface area contributed by atoms with Crippen LogP contribution >= 0.6 is 0 Å². The van der Waals surface area contributed by atoms with E-state index in [2.05, 4.69) is 41.7 Å². The molecule has 2 aromatic carbocycles. The van der Waals surface area contributed by atoms with Gasteiger partial charge in [-0.15, -0.1) is 0 Å². The third-order valence-electron chi connectivity index (χ3n) is 7.29. The van der Waals surface area contributed by atoms with E-state index >= 15 is 0 Å². The quantitative estimate of drug-likeness (QED) is 0.718. The predicted molar refractivity (Wildman–Crippen MR) is 110 cm³/mol. The highest BCUT2D eigenvalue weighted by molar-refractivity contribution is 5.90. The van der Waals surface area contributed by atoms with Crippen LogP contribution in [0.25, 0.3) is 0 Å². The van der Waals surface area contributed by atoms with Crippen molar-refractivity contribution in [2.24, 2.45) is 23.7 Å². The van der Waals surface area contributed by atoms with E-state index in [0.29, 0.717) is 6.42 Å². The molecule has 0 heterocycles. The number of benzene rings is 2. The number of amides is 1. The van der Waals surface area contributed by atoms with Gasteiger partial charge in [0.2, 0.25) is 5.91 Å². The first-order valence-corrected chi connectivity index (χ1v) is 10.7. The molecule has 0 spiro atoms. The maximum atomic E-state index is 12.3. The maximum absolute atomic E-state index is 12.3. The molecule has 0 saturated heterocycles. The van der Waals surface area contributed by atoms with Gasteiger partial charge in [-0.1, -0.05) is 42.5 Å². The van der Waals surface area contributed by atoms with Gasteiger partial charge in [0.1, 0.15) is 0 Å². The third-order valence-corrected chi connectivity index (χ3v) is 7.29. The Morgan fingerprint density at radius 1 is 0.815 bits per heavy atom. The minimum Gasteiger partial charge on any atom is -0.326 e. The average molecular weight is 360 g/mol. The van der Waals surface area contributed by atoms with Crippen LogP contribution in [0.1, 0.15) is 55.6 Å². The normalized spacial score (nSPS) is 31.0. The van der Waals surface area contributed by atoms with Crippen molar-refractivity contribution in [1.29, 1.82) is 0 Å². The number of carbonyl (C=O) groups excluding carboxylic acids is 1. The predicted octanol–water partition coefficient (Wildman–Crippen LogP) is 5.80. The molecule has 0 radical (unpaired) electrons. The van der Waals surface area contributed by atoms with Gasteiger partial charge in [-0.3, -0.25) is 4.79 Å². The fourth-order valence-electron chi connectivity index (χ4n) is 6.38. The first kappa shape index (κ1) is 17.0. The molecule has 2 heteroatoms. The van der Waals surface area contributed by atoms with E-state index in [-0.39, 0.29) is 5.91 Å². The van der Waals surface area contributed by atoms with Crippen LogP contribution in [0.2, 0.25) is 0 Å². The highest BCUT2D eigenvalue weighted by Gasteiger charge is 2.48. The molecule has 1 amide bonds. The van der Waals surface area contributed by atoms with Crippen LogP contribution in [0.4, 0.5) is 5.69 Å². The first-order valence-electron chi connectivity index (χ1n) is 10.7. The topological polar surface area (TPSA) is 29.1 Å². The molecule has 0 unspecified atom stereocenters. The molecule has 0 atom stereocenters. The Balaban J connectivity index is 1.20. The summed E-state index contributed by atoms with van der Waals surface area (Å²) in [4.78, 5) is 12.3. The zero-order chi connectivity index (χ0) is 18.2. The molecule has 6 rings (SSSR count). The van der Waals surface area contributed by atoms with Gasteiger partial charge in [0, 0.05) is 12.1 Å². The molecule has 0 aliphatic heterocycles. The van der Waals surface area contributed by atoms with Crippen LogP contribution in [-0.4, -0.2) is 5.91 Å². The Kier molecular flexibility index (Phi) is 4.51. The fraction of sp³-hybridized carbons (Fsp3) is 0.480. The van der Waals surface area contributed by atoms with E-state index in [0.717, 1.165) is 41.7 Å². The van der Waals surface area contributed by atoms with Crippen molar-refractivity contribution in [2.75, 3.05) is 5.32 Å². The van der Waals surface area contributed by atoms with E-state index in [4.69, 9.17) is 0 Å². The van der Waals surface area contributed by atoms with Crippen LogP contribution in [0.5, 0.6) is 0 Å². The SMILES string of the molecule is O=C(CCc1ccccc1)Nc1ccc(C2C3CC4CC(C3)CC2C4)cc1. The maximum Gasteiger partial charge on any atom is 0.224 e. The summed E-state index contributed by atoms with van der Waals surface area (Å²) in [5.74, 6) is 4.72. The highest BCUT2D eigenvalue weighted by atomic mass is 16.1. The van der Waals surface area contributed by atoms with Crippen LogP contribution in [0, 0.1) is 23.7 Å². The summed E-state index contributed by atoms with van der Waals surface area (Å²) in [5.41, 5.74) is 3.65. The van der Waals surface area contributed by atoms with E-state index in [1.54, 1.807) is 0 Å². The zero-order valence-corrected chi connectivity index (χ0v) is 15.9. The van der Waals surface area contributed by atoms with Gasteiger partial charge >= 0.3 is 0 Å².